The van der Waals surface area contributed by atoms with Crippen LogP contribution in [0, 0.1) is 5.92 Å². The predicted octanol–water partition coefficient (Wildman–Crippen LogP) is 3.19. The fraction of sp³-hybridized carbons (Fsp3) is 0.727. The monoisotopic (exact) mass is 532 g/mol. The second-order valence-electron chi connectivity index (χ2n) is 7.93. The molecule has 1 aliphatic heterocycles. The molecule has 3 rings (SSSR count). The highest BCUT2D eigenvalue weighted by molar-refractivity contribution is 14.0. The highest BCUT2D eigenvalue weighted by Gasteiger charge is 2.32. The van der Waals surface area contributed by atoms with Crippen molar-refractivity contribution in [3.05, 3.63) is 24.2 Å². The van der Waals surface area contributed by atoms with Gasteiger partial charge >= 0.3 is 0 Å². The number of carbonyl (C=O) groups is 1. The van der Waals surface area contributed by atoms with Crippen molar-refractivity contribution in [2.24, 2.45) is 10.9 Å². The average Bonchev–Trinajstić information content (AvgIpc) is 3.49. The quantitative estimate of drug-likeness (QED) is 0.210. The van der Waals surface area contributed by atoms with Gasteiger partial charge in [0, 0.05) is 57.8 Å². The molecule has 30 heavy (non-hydrogen) atoms. The molecule has 0 spiro atoms. The highest BCUT2D eigenvalue weighted by atomic mass is 127. The summed E-state index contributed by atoms with van der Waals surface area (Å²) < 4.78 is 10.8. The van der Waals surface area contributed by atoms with Crippen LogP contribution in [0.2, 0.25) is 0 Å². The van der Waals surface area contributed by atoms with Crippen molar-refractivity contribution in [2.45, 2.75) is 57.9 Å². The van der Waals surface area contributed by atoms with E-state index in [0.29, 0.717) is 12.5 Å². The SMILES string of the molecule is CCOCCCN=C(NCCc1ccco1)NC1CCN(C(=O)C2CCCC2)C1.I. The lowest BCUT2D eigenvalue weighted by Gasteiger charge is -2.21. The van der Waals surface area contributed by atoms with E-state index in [1.54, 1.807) is 6.26 Å². The summed E-state index contributed by atoms with van der Waals surface area (Å²) in [6.45, 7) is 6.56. The number of aliphatic imine (C=N–C) groups is 1. The number of hydrogen-bond donors (Lipinski definition) is 2. The first-order valence-corrected chi connectivity index (χ1v) is 11.2. The van der Waals surface area contributed by atoms with Gasteiger partial charge in [-0.05, 0) is 44.7 Å². The Hall–Kier alpha value is -1.29. The molecule has 2 heterocycles. The number of halogens is 1. The lowest BCUT2D eigenvalue weighted by molar-refractivity contribution is -0.134. The van der Waals surface area contributed by atoms with Crippen LogP contribution in [0.1, 0.15) is 51.2 Å². The fourth-order valence-corrected chi connectivity index (χ4v) is 4.12. The van der Waals surface area contributed by atoms with E-state index < -0.39 is 0 Å². The molecule has 1 aromatic heterocycles. The van der Waals surface area contributed by atoms with Gasteiger partial charge in [0.2, 0.25) is 5.91 Å². The van der Waals surface area contributed by atoms with Gasteiger partial charge in [-0.2, -0.15) is 0 Å². The molecule has 1 saturated carbocycles. The van der Waals surface area contributed by atoms with Crippen molar-refractivity contribution < 1.29 is 13.9 Å². The van der Waals surface area contributed by atoms with Crippen LogP contribution in [0.5, 0.6) is 0 Å². The van der Waals surface area contributed by atoms with Gasteiger partial charge in [-0.25, -0.2) is 0 Å². The number of nitrogens with one attached hydrogen (secondary N) is 2. The van der Waals surface area contributed by atoms with Crippen LogP contribution in [0.25, 0.3) is 0 Å². The maximum Gasteiger partial charge on any atom is 0.225 e. The molecule has 2 N–H and O–H groups in total. The summed E-state index contributed by atoms with van der Waals surface area (Å²) in [5.41, 5.74) is 0. The third-order valence-corrected chi connectivity index (χ3v) is 5.71. The van der Waals surface area contributed by atoms with E-state index >= 15 is 0 Å². The minimum Gasteiger partial charge on any atom is -0.469 e. The number of guanidine groups is 1. The number of furan rings is 1. The van der Waals surface area contributed by atoms with Gasteiger partial charge in [0.15, 0.2) is 5.96 Å². The summed E-state index contributed by atoms with van der Waals surface area (Å²) in [5.74, 6) is 2.38. The second-order valence-corrected chi connectivity index (χ2v) is 7.93. The van der Waals surface area contributed by atoms with E-state index in [-0.39, 0.29) is 35.9 Å². The fourth-order valence-electron chi connectivity index (χ4n) is 4.12. The first-order chi connectivity index (χ1) is 14.3. The Bertz CT molecular complexity index is 632. The highest BCUT2D eigenvalue weighted by Crippen LogP contribution is 2.27. The topological polar surface area (TPSA) is 79.1 Å². The van der Waals surface area contributed by atoms with Crippen LogP contribution >= 0.6 is 24.0 Å². The molecule has 0 aromatic carbocycles. The summed E-state index contributed by atoms with van der Waals surface area (Å²) in [6, 6.07) is 4.14. The average molecular weight is 532 g/mol. The zero-order valence-corrected chi connectivity index (χ0v) is 20.4. The molecule has 7 nitrogen and oxygen atoms in total. The molecule has 1 amide bonds. The van der Waals surface area contributed by atoms with Crippen LogP contribution in [0.15, 0.2) is 27.8 Å². The third-order valence-electron chi connectivity index (χ3n) is 5.71. The molecular weight excluding hydrogens is 495 g/mol. The molecule has 0 bridgehead atoms. The number of ether oxygens (including phenoxy) is 1. The number of carbonyl (C=O) groups excluding carboxylic acids is 1. The standard InChI is InChI=1S/C22H36N4O3.HI/c1-2-28-15-6-12-23-22(24-13-10-20-9-5-16-29-20)25-19-11-14-26(17-19)21(27)18-7-3-4-8-18;/h5,9,16,18-19H,2-4,6-8,10-15,17H2,1H3,(H2,23,24,25);1H. The van der Waals surface area contributed by atoms with Gasteiger partial charge in [0.25, 0.3) is 0 Å². The first kappa shape index (κ1) is 25.0. The summed E-state index contributed by atoms with van der Waals surface area (Å²) in [7, 11) is 0. The number of hydrogen-bond acceptors (Lipinski definition) is 4. The molecule has 2 fully saturated rings. The summed E-state index contributed by atoms with van der Waals surface area (Å²) in [4.78, 5) is 19.4. The van der Waals surface area contributed by atoms with Crippen LogP contribution in [0.3, 0.4) is 0 Å². The lowest BCUT2D eigenvalue weighted by Crippen LogP contribution is -2.46. The van der Waals surface area contributed by atoms with Crippen LogP contribution < -0.4 is 10.6 Å². The van der Waals surface area contributed by atoms with Crippen molar-refractivity contribution in [3.8, 4) is 0 Å². The molecule has 8 heteroatoms. The minimum atomic E-state index is 0. The Kier molecular flexibility index (Phi) is 11.6. The van der Waals surface area contributed by atoms with Gasteiger partial charge in [-0.3, -0.25) is 9.79 Å². The van der Waals surface area contributed by atoms with Gasteiger partial charge in [-0.15, -0.1) is 24.0 Å². The first-order valence-electron chi connectivity index (χ1n) is 11.2. The third kappa shape index (κ3) is 8.09. The molecule has 2 aliphatic rings. The van der Waals surface area contributed by atoms with E-state index in [9.17, 15) is 4.79 Å². The second kappa shape index (κ2) is 13.9. The van der Waals surface area contributed by atoms with Crippen molar-refractivity contribution in [2.75, 3.05) is 39.4 Å². The number of rotatable bonds is 10. The summed E-state index contributed by atoms with van der Waals surface area (Å²) in [6.07, 6.45) is 8.90. The molecule has 1 aromatic rings. The molecule has 1 aliphatic carbocycles. The Morgan fingerprint density at radius 2 is 2.17 bits per heavy atom. The Labute approximate surface area is 197 Å². The van der Waals surface area contributed by atoms with E-state index in [2.05, 4.69) is 10.6 Å². The van der Waals surface area contributed by atoms with E-state index in [0.717, 1.165) is 76.7 Å². The largest absolute Gasteiger partial charge is 0.469 e. The zero-order chi connectivity index (χ0) is 20.3. The predicted molar refractivity (Wildman–Crippen MR) is 129 cm³/mol. The number of likely N-dealkylation sites (tertiary alicyclic amines) is 1. The van der Waals surface area contributed by atoms with Crippen molar-refractivity contribution >= 4 is 35.8 Å². The van der Waals surface area contributed by atoms with Gasteiger partial charge in [0.05, 0.1) is 6.26 Å². The molecule has 1 unspecified atom stereocenters. The van der Waals surface area contributed by atoms with Crippen molar-refractivity contribution in [3.63, 3.8) is 0 Å². The van der Waals surface area contributed by atoms with E-state index in [4.69, 9.17) is 14.1 Å². The Morgan fingerprint density at radius 1 is 1.33 bits per heavy atom. The van der Waals surface area contributed by atoms with Crippen molar-refractivity contribution in [1.82, 2.24) is 15.5 Å². The molecule has 1 atom stereocenters. The lowest BCUT2D eigenvalue weighted by atomic mass is 10.1. The van der Waals surface area contributed by atoms with E-state index in [1.165, 1.54) is 12.8 Å². The smallest absolute Gasteiger partial charge is 0.225 e. The molecule has 170 valence electrons. The number of nitrogens with zero attached hydrogens (tertiary/aromatic N) is 2. The molecule has 1 saturated heterocycles. The zero-order valence-electron chi connectivity index (χ0n) is 18.1. The van der Waals surface area contributed by atoms with Crippen LogP contribution in [-0.4, -0.2) is 62.2 Å². The Balaban J connectivity index is 0.00000320. The molecule has 0 radical (unpaired) electrons. The van der Waals surface area contributed by atoms with Crippen molar-refractivity contribution in [1.29, 1.82) is 0 Å². The van der Waals surface area contributed by atoms with Crippen LogP contribution in [-0.2, 0) is 16.0 Å². The van der Waals surface area contributed by atoms with Crippen LogP contribution in [0.4, 0.5) is 0 Å². The number of amides is 1. The van der Waals surface area contributed by atoms with E-state index in [1.807, 2.05) is 24.0 Å². The summed E-state index contributed by atoms with van der Waals surface area (Å²) >= 11 is 0. The van der Waals surface area contributed by atoms with Gasteiger partial charge < -0.3 is 24.7 Å². The summed E-state index contributed by atoms with van der Waals surface area (Å²) in [5, 5.41) is 6.95. The van der Waals surface area contributed by atoms with Gasteiger partial charge in [-0.1, -0.05) is 12.8 Å². The maximum atomic E-state index is 12.7. The molecular formula is C22H37IN4O3. The van der Waals surface area contributed by atoms with Gasteiger partial charge in [0.1, 0.15) is 5.76 Å². The normalized spacial score (nSPS) is 19.7. The minimum absolute atomic E-state index is 0. The Morgan fingerprint density at radius 3 is 2.90 bits per heavy atom. The maximum absolute atomic E-state index is 12.7.